The van der Waals surface area contributed by atoms with E-state index in [1.165, 1.54) is 15.9 Å². The number of thiocarbonyl (C=S) groups is 1. The summed E-state index contributed by atoms with van der Waals surface area (Å²) in [5.74, 6) is -0.818. The molecule has 1 saturated heterocycles. The van der Waals surface area contributed by atoms with Crippen LogP contribution in [-0.2, 0) is 9.59 Å². The first-order valence-corrected chi connectivity index (χ1v) is 7.91. The van der Waals surface area contributed by atoms with Crippen molar-refractivity contribution in [2.75, 3.05) is 13.1 Å². The molecule has 1 aromatic rings. The molecule has 1 aliphatic heterocycles. The van der Waals surface area contributed by atoms with Crippen LogP contribution in [0.1, 0.15) is 19.4 Å². The van der Waals surface area contributed by atoms with Crippen LogP contribution in [0.2, 0.25) is 10.0 Å². The van der Waals surface area contributed by atoms with Gasteiger partial charge in [0.1, 0.15) is 5.57 Å². The minimum Gasteiger partial charge on any atom is -0.285 e. The van der Waals surface area contributed by atoms with Gasteiger partial charge in [0, 0.05) is 23.1 Å². The Morgan fingerprint density at radius 1 is 1.09 bits per heavy atom. The van der Waals surface area contributed by atoms with E-state index in [4.69, 9.17) is 35.4 Å². The molecule has 1 aliphatic rings. The summed E-state index contributed by atoms with van der Waals surface area (Å²) in [7, 11) is 0. The number of hydrogen-bond acceptors (Lipinski definition) is 3. The van der Waals surface area contributed by atoms with Crippen LogP contribution in [0.25, 0.3) is 6.08 Å². The van der Waals surface area contributed by atoms with Gasteiger partial charge in [-0.2, -0.15) is 0 Å². The summed E-state index contributed by atoms with van der Waals surface area (Å²) < 4.78 is 0. The molecule has 1 fully saturated rings. The normalized spacial score (nSPS) is 15.6. The third-order valence-electron chi connectivity index (χ3n) is 3.31. The number of hydrogen-bond donors (Lipinski definition) is 0. The molecule has 0 spiro atoms. The Kier molecular flexibility index (Phi) is 5.21. The highest BCUT2D eigenvalue weighted by atomic mass is 35.5. The molecule has 0 aliphatic carbocycles. The lowest BCUT2D eigenvalue weighted by Gasteiger charge is -2.35. The molecular weight excluding hydrogens is 343 g/mol. The summed E-state index contributed by atoms with van der Waals surface area (Å²) in [6.07, 6.45) is 1.48. The van der Waals surface area contributed by atoms with Crippen LogP contribution in [0.4, 0.5) is 0 Å². The topological polar surface area (TPSA) is 40.6 Å². The minimum absolute atomic E-state index is 0.0431. The second-order valence-electron chi connectivity index (χ2n) is 4.61. The van der Waals surface area contributed by atoms with E-state index >= 15 is 0 Å². The first kappa shape index (κ1) is 16.9. The van der Waals surface area contributed by atoms with E-state index in [2.05, 4.69) is 0 Å². The van der Waals surface area contributed by atoms with E-state index in [1.54, 1.807) is 32.0 Å². The molecule has 1 heterocycles. The Bertz CT molecular complexity index is 660. The number of rotatable bonds is 3. The SMILES string of the molecule is CCN1C(=O)C(=Cc2ccc(Cl)cc2Cl)C(=O)N(CC)C1=S. The number of likely N-dealkylation sites (N-methyl/N-ethyl adjacent to an activating group) is 2. The van der Waals surface area contributed by atoms with Gasteiger partial charge in [-0.1, -0.05) is 29.3 Å². The third kappa shape index (κ3) is 3.02. The van der Waals surface area contributed by atoms with Crippen molar-refractivity contribution in [1.29, 1.82) is 0 Å². The fourth-order valence-electron chi connectivity index (χ4n) is 2.16. The molecule has 2 rings (SSSR count). The smallest absolute Gasteiger partial charge is 0.265 e. The zero-order chi connectivity index (χ0) is 16.4. The Balaban J connectivity index is 2.51. The molecule has 0 N–H and O–H groups in total. The fraction of sp³-hybridized carbons (Fsp3) is 0.267. The van der Waals surface area contributed by atoms with Crippen molar-refractivity contribution in [3.8, 4) is 0 Å². The van der Waals surface area contributed by atoms with Gasteiger partial charge >= 0.3 is 0 Å². The highest BCUT2D eigenvalue weighted by Gasteiger charge is 2.37. The summed E-state index contributed by atoms with van der Waals surface area (Å²) >= 11 is 17.2. The van der Waals surface area contributed by atoms with Crippen molar-refractivity contribution < 1.29 is 9.59 Å². The van der Waals surface area contributed by atoms with E-state index in [-0.39, 0.29) is 10.7 Å². The minimum atomic E-state index is -0.409. The summed E-state index contributed by atoms with van der Waals surface area (Å²) in [6, 6.07) is 4.88. The average Bonchev–Trinajstić information content (AvgIpc) is 2.46. The molecule has 4 nitrogen and oxygen atoms in total. The predicted octanol–water partition coefficient (Wildman–Crippen LogP) is 3.37. The molecule has 0 aromatic heterocycles. The van der Waals surface area contributed by atoms with Gasteiger partial charge in [-0.15, -0.1) is 0 Å². The Labute approximate surface area is 144 Å². The zero-order valence-electron chi connectivity index (χ0n) is 12.1. The monoisotopic (exact) mass is 356 g/mol. The molecule has 0 saturated carbocycles. The molecule has 22 heavy (non-hydrogen) atoms. The van der Waals surface area contributed by atoms with Crippen LogP contribution < -0.4 is 0 Å². The van der Waals surface area contributed by atoms with Crippen molar-refractivity contribution in [3.05, 3.63) is 39.4 Å². The molecule has 1 aromatic carbocycles. The summed E-state index contributed by atoms with van der Waals surface area (Å²) in [5.41, 5.74) is 0.601. The van der Waals surface area contributed by atoms with Crippen LogP contribution in [-0.4, -0.2) is 39.8 Å². The highest BCUT2D eigenvalue weighted by molar-refractivity contribution is 7.80. The van der Waals surface area contributed by atoms with Crippen LogP contribution >= 0.6 is 35.4 Å². The number of carbonyl (C=O) groups is 2. The highest BCUT2D eigenvalue weighted by Crippen LogP contribution is 2.26. The number of benzene rings is 1. The van der Waals surface area contributed by atoms with Gasteiger partial charge in [0.2, 0.25) is 0 Å². The van der Waals surface area contributed by atoms with E-state index < -0.39 is 11.8 Å². The van der Waals surface area contributed by atoms with E-state index in [9.17, 15) is 9.59 Å². The molecule has 0 bridgehead atoms. The molecule has 7 heteroatoms. The van der Waals surface area contributed by atoms with Crippen molar-refractivity contribution >= 4 is 58.4 Å². The first-order valence-electron chi connectivity index (χ1n) is 6.75. The number of amides is 2. The number of nitrogens with zero attached hydrogens (tertiary/aromatic N) is 2. The van der Waals surface area contributed by atoms with Crippen LogP contribution in [0.3, 0.4) is 0 Å². The van der Waals surface area contributed by atoms with Crippen molar-refractivity contribution in [2.24, 2.45) is 0 Å². The van der Waals surface area contributed by atoms with Crippen molar-refractivity contribution in [1.82, 2.24) is 9.80 Å². The van der Waals surface area contributed by atoms with Gasteiger partial charge in [-0.25, -0.2) is 0 Å². The summed E-state index contributed by atoms with van der Waals surface area (Å²) in [5, 5.41) is 1.10. The molecule has 0 radical (unpaired) electrons. The lowest BCUT2D eigenvalue weighted by atomic mass is 10.1. The average molecular weight is 357 g/mol. The maximum absolute atomic E-state index is 12.5. The van der Waals surface area contributed by atoms with Crippen molar-refractivity contribution in [3.63, 3.8) is 0 Å². The Morgan fingerprint density at radius 2 is 1.64 bits per heavy atom. The third-order valence-corrected chi connectivity index (χ3v) is 4.31. The predicted molar refractivity (Wildman–Crippen MR) is 91.8 cm³/mol. The Hall–Kier alpha value is -1.43. The van der Waals surface area contributed by atoms with E-state index in [1.807, 2.05) is 0 Å². The maximum Gasteiger partial charge on any atom is 0.265 e. The van der Waals surface area contributed by atoms with Gasteiger partial charge in [-0.05, 0) is 49.8 Å². The molecule has 0 atom stereocenters. The fourth-order valence-corrected chi connectivity index (χ4v) is 3.04. The Morgan fingerprint density at radius 3 is 2.09 bits per heavy atom. The lowest BCUT2D eigenvalue weighted by Crippen LogP contribution is -2.55. The molecular formula is C15H14Cl2N2O2S. The van der Waals surface area contributed by atoms with E-state index in [0.29, 0.717) is 28.7 Å². The number of halogens is 2. The zero-order valence-corrected chi connectivity index (χ0v) is 14.4. The quantitative estimate of drug-likeness (QED) is 0.473. The van der Waals surface area contributed by atoms with Gasteiger partial charge in [-0.3, -0.25) is 19.4 Å². The van der Waals surface area contributed by atoms with Gasteiger partial charge < -0.3 is 0 Å². The molecule has 2 amide bonds. The van der Waals surface area contributed by atoms with Gasteiger partial charge in [0.05, 0.1) is 0 Å². The summed E-state index contributed by atoms with van der Waals surface area (Å²) in [6.45, 7) is 4.40. The molecule has 0 unspecified atom stereocenters. The lowest BCUT2D eigenvalue weighted by molar-refractivity contribution is -0.133. The first-order chi connectivity index (χ1) is 10.4. The summed E-state index contributed by atoms with van der Waals surface area (Å²) in [4.78, 5) is 27.7. The van der Waals surface area contributed by atoms with Crippen LogP contribution in [0.15, 0.2) is 23.8 Å². The van der Waals surface area contributed by atoms with Gasteiger partial charge in [0.15, 0.2) is 5.11 Å². The number of carbonyl (C=O) groups excluding carboxylic acids is 2. The van der Waals surface area contributed by atoms with Gasteiger partial charge in [0.25, 0.3) is 11.8 Å². The van der Waals surface area contributed by atoms with Crippen LogP contribution in [0.5, 0.6) is 0 Å². The largest absolute Gasteiger partial charge is 0.285 e. The van der Waals surface area contributed by atoms with Crippen molar-refractivity contribution in [2.45, 2.75) is 13.8 Å². The van der Waals surface area contributed by atoms with E-state index in [0.717, 1.165) is 0 Å². The maximum atomic E-state index is 12.5. The second-order valence-corrected chi connectivity index (χ2v) is 5.81. The standard InChI is InChI=1S/C15H14Cl2N2O2S/c1-3-18-13(20)11(14(21)19(4-2)15(18)22)7-9-5-6-10(16)8-12(9)17/h5-8H,3-4H2,1-2H3. The second kappa shape index (κ2) is 6.77. The van der Waals surface area contributed by atoms with Crippen LogP contribution in [0, 0.1) is 0 Å². The molecule has 116 valence electrons.